The van der Waals surface area contributed by atoms with Crippen molar-refractivity contribution in [3.8, 4) is 11.8 Å². The minimum Gasteiger partial charge on any atom is -0.386 e. The maximum atomic E-state index is 9.49. The Kier molecular flexibility index (Phi) is 2.89. The maximum Gasteiger partial charge on any atom is 0.109 e. The minimum absolute atomic E-state index is 0.452. The SMILES string of the molecule is CC#CCC(O)c1ccn(C)n1. The summed E-state index contributed by atoms with van der Waals surface area (Å²) in [6.45, 7) is 1.76. The number of aryl methyl sites for hydroxylation is 1. The van der Waals surface area contributed by atoms with E-state index in [1.54, 1.807) is 23.9 Å². The van der Waals surface area contributed by atoms with Gasteiger partial charge in [0.05, 0.1) is 5.69 Å². The summed E-state index contributed by atoms with van der Waals surface area (Å²) in [5.74, 6) is 5.54. The lowest BCUT2D eigenvalue weighted by molar-refractivity contribution is 0.178. The van der Waals surface area contributed by atoms with E-state index in [0.29, 0.717) is 12.1 Å². The average Bonchev–Trinajstić information content (AvgIpc) is 2.47. The Hall–Kier alpha value is -1.27. The van der Waals surface area contributed by atoms with Crippen LogP contribution in [0.3, 0.4) is 0 Å². The van der Waals surface area contributed by atoms with E-state index in [9.17, 15) is 5.11 Å². The zero-order chi connectivity index (χ0) is 8.97. The third-order valence-electron chi connectivity index (χ3n) is 1.55. The van der Waals surface area contributed by atoms with Crippen molar-refractivity contribution < 1.29 is 5.11 Å². The van der Waals surface area contributed by atoms with Crippen LogP contribution in [0, 0.1) is 11.8 Å². The summed E-state index contributed by atoms with van der Waals surface area (Å²) in [6, 6.07) is 1.79. The summed E-state index contributed by atoms with van der Waals surface area (Å²) >= 11 is 0. The summed E-state index contributed by atoms with van der Waals surface area (Å²) in [7, 11) is 1.82. The lowest BCUT2D eigenvalue weighted by Crippen LogP contribution is -1.98. The quantitative estimate of drug-likeness (QED) is 0.658. The van der Waals surface area contributed by atoms with Crippen LogP contribution in [0.5, 0.6) is 0 Å². The summed E-state index contributed by atoms with van der Waals surface area (Å²) in [5, 5.41) is 13.5. The highest BCUT2D eigenvalue weighted by atomic mass is 16.3. The molecule has 1 N–H and O–H groups in total. The lowest BCUT2D eigenvalue weighted by atomic mass is 10.2. The second kappa shape index (κ2) is 3.93. The molecule has 0 saturated heterocycles. The van der Waals surface area contributed by atoms with Gasteiger partial charge in [-0.1, -0.05) is 0 Å². The van der Waals surface area contributed by atoms with Gasteiger partial charge in [-0.3, -0.25) is 4.68 Å². The fourth-order valence-electron chi connectivity index (χ4n) is 0.914. The van der Waals surface area contributed by atoms with Crippen molar-refractivity contribution in [1.82, 2.24) is 9.78 Å². The molecule has 1 heterocycles. The van der Waals surface area contributed by atoms with Gasteiger partial charge in [0.15, 0.2) is 0 Å². The van der Waals surface area contributed by atoms with Gasteiger partial charge in [-0.15, -0.1) is 11.8 Å². The van der Waals surface area contributed by atoms with Gasteiger partial charge in [0.2, 0.25) is 0 Å². The van der Waals surface area contributed by atoms with Gasteiger partial charge in [0.1, 0.15) is 6.10 Å². The van der Waals surface area contributed by atoms with Crippen molar-refractivity contribution in [2.45, 2.75) is 19.4 Å². The number of hydrogen-bond acceptors (Lipinski definition) is 2. The zero-order valence-corrected chi connectivity index (χ0v) is 7.28. The molecule has 1 atom stereocenters. The summed E-state index contributed by atoms with van der Waals surface area (Å²) < 4.78 is 1.66. The van der Waals surface area contributed by atoms with E-state index < -0.39 is 6.10 Å². The molecule has 1 unspecified atom stereocenters. The molecule has 0 spiro atoms. The smallest absolute Gasteiger partial charge is 0.109 e. The molecular formula is C9H12N2O. The first-order valence-electron chi connectivity index (χ1n) is 3.81. The Morgan fingerprint density at radius 3 is 3.00 bits per heavy atom. The van der Waals surface area contributed by atoms with E-state index in [2.05, 4.69) is 16.9 Å². The van der Waals surface area contributed by atoms with Crippen LogP contribution < -0.4 is 0 Å². The molecule has 12 heavy (non-hydrogen) atoms. The second-order valence-corrected chi connectivity index (χ2v) is 2.56. The van der Waals surface area contributed by atoms with Crippen LogP contribution in [-0.4, -0.2) is 14.9 Å². The third-order valence-corrected chi connectivity index (χ3v) is 1.55. The van der Waals surface area contributed by atoms with Gasteiger partial charge in [0, 0.05) is 19.7 Å². The monoisotopic (exact) mass is 164 g/mol. The first kappa shape index (κ1) is 8.82. The topological polar surface area (TPSA) is 38.0 Å². The molecule has 1 aromatic rings. The molecule has 3 nitrogen and oxygen atoms in total. The van der Waals surface area contributed by atoms with Crippen LogP contribution in [0.1, 0.15) is 25.1 Å². The maximum absolute atomic E-state index is 9.49. The van der Waals surface area contributed by atoms with Gasteiger partial charge < -0.3 is 5.11 Å². The number of aliphatic hydroxyl groups is 1. The Labute approximate surface area is 72.0 Å². The van der Waals surface area contributed by atoms with Crippen LogP contribution in [0.15, 0.2) is 12.3 Å². The minimum atomic E-state index is -0.557. The molecule has 0 aromatic carbocycles. The Morgan fingerprint density at radius 1 is 1.75 bits per heavy atom. The molecule has 0 aliphatic carbocycles. The predicted molar refractivity (Wildman–Crippen MR) is 46.2 cm³/mol. The number of hydrogen-bond donors (Lipinski definition) is 1. The highest BCUT2D eigenvalue weighted by molar-refractivity contribution is 5.07. The number of rotatable bonds is 2. The van der Waals surface area contributed by atoms with Crippen molar-refractivity contribution in [2.24, 2.45) is 7.05 Å². The fraction of sp³-hybridized carbons (Fsp3) is 0.444. The van der Waals surface area contributed by atoms with Gasteiger partial charge in [-0.25, -0.2) is 0 Å². The second-order valence-electron chi connectivity index (χ2n) is 2.56. The predicted octanol–water partition coefficient (Wildman–Crippen LogP) is 0.867. The molecule has 0 bridgehead atoms. The molecule has 64 valence electrons. The van der Waals surface area contributed by atoms with Gasteiger partial charge in [-0.05, 0) is 13.0 Å². The normalized spacial score (nSPS) is 11.9. The van der Waals surface area contributed by atoms with E-state index in [0.717, 1.165) is 0 Å². The van der Waals surface area contributed by atoms with Crippen LogP contribution in [-0.2, 0) is 7.05 Å². The highest BCUT2D eigenvalue weighted by Crippen LogP contribution is 2.12. The van der Waals surface area contributed by atoms with Crippen molar-refractivity contribution in [2.75, 3.05) is 0 Å². The first-order valence-corrected chi connectivity index (χ1v) is 3.81. The van der Waals surface area contributed by atoms with Crippen molar-refractivity contribution in [1.29, 1.82) is 0 Å². The van der Waals surface area contributed by atoms with E-state index in [4.69, 9.17) is 0 Å². The third kappa shape index (κ3) is 2.11. The molecule has 3 heteroatoms. The summed E-state index contributed by atoms with van der Waals surface area (Å²) in [4.78, 5) is 0. The zero-order valence-electron chi connectivity index (χ0n) is 7.28. The lowest BCUT2D eigenvalue weighted by Gasteiger charge is -2.00. The van der Waals surface area contributed by atoms with Gasteiger partial charge in [-0.2, -0.15) is 5.10 Å². The number of aromatic nitrogens is 2. The highest BCUT2D eigenvalue weighted by Gasteiger charge is 2.07. The molecule has 0 amide bonds. The van der Waals surface area contributed by atoms with Crippen LogP contribution >= 0.6 is 0 Å². The molecule has 0 saturated carbocycles. The van der Waals surface area contributed by atoms with Crippen LogP contribution in [0.25, 0.3) is 0 Å². The molecule has 0 aliphatic heterocycles. The van der Waals surface area contributed by atoms with Gasteiger partial charge >= 0.3 is 0 Å². The molecular weight excluding hydrogens is 152 g/mol. The Morgan fingerprint density at radius 2 is 2.50 bits per heavy atom. The van der Waals surface area contributed by atoms with Crippen LogP contribution in [0.2, 0.25) is 0 Å². The van der Waals surface area contributed by atoms with E-state index in [1.807, 2.05) is 7.05 Å². The molecule has 1 rings (SSSR count). The molecule has 0 aliphatic rings. The first-order chi connectivity index (χ1) is 5.74. The fourth-order valence-corrected chi connectivity index (χ4v) is 0.914. The molecule has 1 aromatic heterocycles. The summed E-state index contributed by atoms with van der Waals surface area (Å²) in [6.07, 6.45) is 1.70. The summed E-state index contributed by atoms with van der Waals surface area (Å²) in [5.41, 5.74) is 0.681. The standard InChI is InChI=1S/C9H12N2O/c1-3-4-5-9(12)8-6-7-11(2)10-8/h6-7,9,12H,5H2,1-2H3. The number of nitrogens with zero attached hydrogens (tertiary/aromatic N) is 2. The van der Waals surface area contributed by atoms with Crippen molar-refractivity contribution >= 4 is 0 Å². The van der Waals surface area contributed by atoms with Crippen molar-refractivity contribution in [3.63, 3.8) is 0 Å². The van der Waals surface area contributed by atoms with E-state index in [-0.39, 0.29) is 0 Å². The van der Waals surface area contributed by atoms with Crippen molar-refractivity contribution in [3.05, 3.63) is 18.0 Å². The largest absolute Gasteiger partial charge is 0.386 e. The molecule has 0 radical (unpaired) electrons. The van der Waals surface area contributed by atoms with Gasteiger partial charge in [0.25, 0.3) is 0 Å². The molecule has 0 fully saturated rings. The van der Waals surface area contributed by atoms with Crippen LogP contribution in [0.4, 0.5) is 0 Å². The Bertz CT molecular complexity index is 306. The van der Waals surface area contributed by atoms with E-state index in [1.165, 1.54) is 0 Å². The number of aliphatic hydroxyl groups excluding tert-OH is 1. The Balaban J connectivity index is 2.62. The van der Waals surface area contributed by atoms with E-state index >= 15 is 0 Å². The average molecular weight is 164 g/mol.